The SMILES string of the molecule is O=C(O)C1CCC1CC1COc2ccccc21. The van der Waals surface area contributed by atoms with Crippen molar-refractivity contribution < 1.29 is 14.6 Å². The Labute approximate surface area is 100 Å². The van der Waals surface area contributed by atoms with Gasteiger partial charge >= 0.3 is 5.97 Å². The lowest BCUT2D eigenvalue weighted by molar-refractivity contribution is -0.148. The Morgan fingerprint density at radius 1 is 1.35 bits per heavy atom. The summed E-state index contributed by atoms with van der Waals surface area (Å²) in [6, 6.07) is 8.09. The molecule has 1 aromatic carbocycles. The zero-order valence-corrected chi connectivity index (χ0v) is 9.63. The molecule has 1 saturated carbocycles. The molecule has 17 heavy (non-hydrogen) atoms. The molecule has 0 amide bonds. The van der Waals surface area contributed by atoms with E-state index < -0.39 is 5.97 Å². The number of rotatable bonds is 3. The minimum absolute atomic E-state index is 0.122. The van der Waals surface area contributed by atoms with E-state index in [1.165, 1.54) is 5.56 Å². The van der Waals surface area contributed by atoms with Crippen molar-refractivity contribution in [1.29, 1.82) is 0 Å². The van der Waals surface area contributed by atoms with Gasteiger partial charge in [-0.25, -0.2) is 0 Å². The van der Waals surface area contributed by atoms with Crippen molar-refractivity contribution in [1.82, 2.24) is 0 Å². The van der Waals surface area contributed by atoms with Gasteiger partial charge in [-0.15, -0.1) is 0 Å². The summed E-state index contributed by atoms with van der Waals surface area (Å²) in [5.41, 5.74) is 1.25. The van der Waals surface area contributed by atoms with Crippen molar-refractivity contribution >= 4 is 5.97 Å². The van der Waals surface area contributed by atoms with E-state index in [-0.39, 0.29) is 5.92 Å². The van der Waals surface area contributed by atoms with Crippen LogP contribution in [0.4, 0.5) is 0 Å². The van der Waals surface area contributed by atoms with Crippen LogP contribution in [-0.2, 0) is 4.79 Å². The molecule has 1 aliphatic heterocycles. The van der Waals surface area contributed by atoms with Crippen molar-refractivity contribution in [3.05, 3.63) is 29.8 Å². The first-order valence-corrected chi connectivity index (χ1v) is 6.20. The lowest BCUT2D eigenvalue weighted by Crippen LogP contribution is -2.34. The van der Waals surface area contributed by atoms with E-state index in [4.69, 9.17) is 9.84 Å². The number of carbonyl (C=O) groups is 1. The highest BCUT2D eigenvalue weighted by Gasteiger charge is 2.39. The van der Waals surface area contributed by atoms with Gasteiger partial charge in [0.05, 0.1) is 12.5 Å². The fourth-order valence-electron chi connectivity index (χ4n) is 2.97. The third-order valence-electron chi connectivity index (χ3n) is 4.12. The molecule has 1 aliphatic carbocycles. The van der Waals surface area contributed by atoms with Crippen LogP contribution in [0.2, 0.25) is 0 Å². The van der Waals surface area contributed by atoms with Crippen molar-refractivity contribution in [2.45, 2.75) is 25.2 Å². The normalized spacial score (nSPS) is 30.2. The standard InChI is InChI=1S/C14H16O3/c15-14(16)12-6-5-9(12)7-10-8-17-13-4-2-1-3-11(10)13/h1-4,9-10,12H,5-8H2,(H,15,16). The van der Waals surface area contributed by atoms with E-state index in [2.05, 4.69) is 6.07 Å². The van der Waals surface area contributed by atoms with Gasteiger partial charge in [-0.3, -0.25) is 4.79 Å². The molecule has 1 fully saturated rings. The number of ether oxygens (including phenoxy) is 1. The van der Waals surface area contributed by atoms with Crippen LogP contribution in [0, 0.1) is 11.8 Å². The van der Waals surface area contributed by atoms with Gasteiger partial charge in [-0.05, 0) is 31.2 Å². The number of aliphatic carboxylic acids is 1. The molecular weight excluding hydrogens is 216 g/mol. The third kappa shape index (κ3) is 1.79. The number of fused-ring (bicyclic) bond motifs is 1. The van der Waals surface area contributed by atoms with Crippen LogP contribution in [0.15, 0.2) is 24.3 Å². The molecule has 3 heteroatoms. The summed E-state index contributed by atoms with van der Waals surface area (Å²) in [4.78, 5) is 11.0. The van der Waals surface area contributed by atoms with E-state index in [0.29, 0.717) is 18.4 Å². The fourth-order valence-corrected chi connectivity index (χ4v) is 2.97. The van der Waals surface area contributed by atoms with E-state index in [1.54, 1.807) is 0 Å². The third-order valence-corrected chi connectivity index (χ3v) is 4.12. The Morgan fingerprint density at radius 2 is 2.18 bits per heavy atom. The summed E-state index contributed by atoms with van der Waals surface area (Å²) in [5.74, 6) is 0.950. The minimum atomic E-state index is -0.631. The Balaban J connectivity index is 1.70. The van der Waals surface area contributed by atoms with Gasteiger partial charge in [0.25, 0.3) is 0 Å². The molecule has 3 nitrogen and oxygen atoms in total. The van der Waals surface area contributed by atoms with Crippen LogP contribution in [0.3, 0.4) is 0 Å². The highest BCUT2D eigenvalue weighted by atomic mass is 16.5. The fraction of sp³-hybridized carbons (Fsp3) is 0.500. The number of hydrogen-bond donors (Lipinski definition) is 1. The molecule has 0 saturated heterocycles. The van der Waals surface area contributed by atoms with Gasteiger partial charge in [0.15, 0.2) is 0 Å². The predicted octanol–water partition coefficient (Wildman–Crippen LogP) is 2.66. The summed E-state index contributed by atoms with van der Waals surface area (Å²) in [7, 11) is 0. The van der Waals surface area contributed by atoms with Gasteiger partial charge < -0.3 is 9.84 Å². The molecule has 2 aliphatic rings. The van der Waals surface area contributed by atoms with Crippen molar-refractivity contribution in [2.75, 3.05) is 6.61 Å². The van der Waals surface area contributed by atoms with Gasteiger partial charge in [0, 0.05) is 11.5 Å². The van der Waals surface area contributed by atoms with Gasteiger partial charge in [0.1, 0.15) is 5.75 Å². The Morgan fingerprint density at radius 3 is 2.88 bits per heavy atom. The molecule has 3 unspecified atom stereocenters. The first kappa shape index (κ1) is 10.6. The molecule has 3 atom stereocenters. The lowest BCUT2D eigenvalue weighted by atomic mass is 9.69. The first-order chi connectivity index (χ1) is 8.25. The second kappa shape index (κ2) is 4.06. The van der Waals surface area contributed by atoms with E-state index in [1.807, 2.05) is 18.2 Å². The van der Waals surface area contributed by atoms with Crippen LogP contribution in [0.1, 0.15) is 30.7 Å². The average molecular weight is 232 g/mol. The molecule has 1 heterocycles. The lowest BCUT2D eigenvalue weighted by Gasteiger charge is -2.34. The number of hydrogen-bond acceptors (Lipinski definition) is 2. The number of carboxylic acid groups (broad SMARTS) is 1. The highest BCUT2D eigenvalue weighted by molar-refractivity contribution is 5.71. The Bertz CT molecular complexity index is 441. The van der Waals surface area contributed by atoms with Crippen LogP contribution in [-0.4, -0.2) is 17.7 Å². The zero-order chi connectivity index (χ0) is 11.8. The Hall–Kier alpha value is -1.51. The smallest absolute Gasteiger partial charge is 0.306 e. The van der Waals surface area contributed by atoms with E-state index in [0.717, 1.165) is 25.0 Å². The van der Waals surface area contributed by atoms with E-state index >= 15 is 0 Å². The van der Waals surface area contributed by atoms with Crippen LogP contribution >= 0.6 is 0 Å². The number of carboxylic acids is 1. The molecular formula is C14H16O3. The monoisotopic (exact) mass is 232 g/mol. The van der Waals surface area contributed by atoms with Gasteiger partial charge in [-0.2, -0.15) is 0 Å². The quantitative estimate of drug-likeness (QED) is 0.871. The predicted molar refractivity (Wildman–Crippen MR) is 63.1 cm³/mol. The summed E-state index contributed by atoms with van der Waals surface area (Å²) < 4.78 is 5.63. The molecule has 0 radical (unpaired) electrons. The van der Waals surface area contributed by atoms with Crippen LogP contribution in [0.5, 0.6) is 5.75 Å². The van der Waals surface area contributed by atoms with Gasteiger partial charge in [-0.1, -0.05) is 18.2 Å². The van der Waals surface area contributed by atoms with E-state index in [9.17, 15) is 4.79 Å². The topological polar surface area (TPSA) is 46.5 Å². The zero-order valence-electron chi connectivity index (χ0n) is 9.63. The minimum Gasteiger partial charge on any atom is -0.493 e. The first-order valence-electron chi connectivity index (χ1n) is 6.20. The van der Waals surface area contributed by atoms with Crippen molar-refractivity contribution in [3.63, 3.8) is 0 Å². The second-order valence-corrected chi connectivity index (χ2v) is 5.06. The van der Waals surface area contributed by atoms with Crippen molar-refractivity contribution in [2.24, 2.45) is 11.8 Å². The maximum absolute atomic E-state index is 11.0. The molecule has 3 rings (SSSR count). The Kier molecular flexibility index (Phi) is 2.54. The average Bonchev–Trinajstić information content (AvgIpc) is 2.67. The largest absolute Gasteiger partial charge is 0.493 e. The molecule has 1 N–H and O–H groups in total. The second-order valence-electron chi connectivity index (χ2n) is 5.06. The van der Waals surface area contributed by atoms with Gasteiger partial charge in [0.2, 0.25) is 0 Å². The summed E-state index contributed by atoms with van der Waals surface area (Å²) >= 11 is 0. The summed E-state index contributed by atoms with van der Waals surface area (Å²) in [6.07, 6.45) is 2.85. The maximum atomic E-state index is 11.0. The molecule has 0 aromatic heterocycles. The molecule has 0 bridgehead atoms. The highest BCUT2D eigenvalue weighted by Crippen LogP contribution is 2.44. The number of para-hydroxylation sites is 1. The maximum Gasteiger partial charge on any atom is 0.306 e. The van der Waals surface area contributed by atoms with Crippen molar-refractivity contribution in [3.8, 4) is 5.75 Å². The molecule has 90 valence electrons. The van der Waals surface area contributed by atoms with Crippen LogP contribution < -0.4 is 4.74 Å². The number of benzene rings is 1. The molecule has 0 spiro atoms. The molecule has 1 aromatic rings. The summed E-state index contributed by atoms with van der Waals surface area (Å²) in [6.45, 7) is 0.711. The van der Waals surface area contributed by atoms with Crippen LogP contribution in [0.25, 0.3) is 0 Å². The summed E-state index contributed by atoms with van der Waals surface area (Å²) in [5, 5.41) is 9.04.